The van der Waals surface area contributed by atoms with Gasteiger partial charge in [0.05, 0.1) is 17.7 Å². The van der Waals surface area contributed by atoms with Crippen LogP contribution in [0.3, 0.4) is 0 Å². The summed E-state index contributed by atoms with van der Waals surface area (Å²) in [4.78, 5) is 14.5. The monoisotopic (exact) mass is 535 g/mol. The molecule has 0 aromatic heterocycles. The average molecular weight is 536 g/mol. The molecule has 2 N–H and O–H groups in total. The summed E-state index contributed by atoms with van der Waals surface area (Å²) in [5.74, 6) is 1.14. The van der Waals surface area contributed by atoms with Crippen molar-refractivity contribution in [2.75, 3.05) is 30.4 Å². The van der Waals surface area contributed by atoms with E-state index >= 15 is 0 Å². The number of amides is 2. The predicted octanol–water partition coefficient (Wildman–Crippen LogP) is 5.64. The molecule has 38 heavy (non-hydrogen) atoms. The maximum absolute atomic E-state index is 14.2. The smallest absolute Gasteiger partial charge is 0.326 e. The van der Waals surface area contributed by atoms with Crippen LogP contribution in [0.2, 0.25) is 0 Å². The van der Waals surface area contributed by atoms with Crippen LogP contribution in [0.25, 0.3) is 0 Å². The van der Waals surface area contributed by atoms with Crippen molar-refractivity contribution in [2.24, 2.45) is 0 Å². The van der Waals surface area contributed by atoms with Gasteiger partial charge >= 0.3 is 6.03 Å². The third-order valence-electron chi connectivity index (χ3n) is 5.49. The Balaban J connectivity index is 1.50. The van der Waals surface area contributed by atoms with Crippen molar-refractivity contribution in [1.29, 1.82) is 0 Å². The molecule has 0 radical (unpaired) electrons. The maximum atomic E-state index is 14.2. The lowest BCUT2D eigenvalue weighted by atomic mass is 10.2. The molecular weight excluding hydrogens is 509 g/mol. The molecule has 196 valence electrons. The number of hydrogen-bond donors (Lipinski definition) is 2. The van der Waals surface area contributed by atoms with Crippen molar-refractivity contribution in [3.8, 4) is 17.2 Å². The van der Waals surface area contributed by atoms with Gasteiger partial charge in [0.25, 0.3) is 0 Å². The first kappa shape index (κ1) is 26.6. The van der Waals surface area contributed by atoms with E-state index < -0.39 is 21.9 Å². The number of sulfonamides is 1. The molecule has 0 fully saturated rings. The first-order valence-electron chi connectivity index (χ1n) is 11.7. The summed E-state index contributed by atoms with van der Waals surface area (Å²) in [6.45, 7) is -0.129. The van der Waals surface area contributed by atoms with E-state index in [2.05, 4.69) is 10.0 Å². The first-order chi connectivity index (χ1) is 18.4. The van der Waals surface area contributed by atoms with Gasteiger partial charge in [0, 0.05) is 18.8 Å². The molecular formula is C28H26FN3O5S. The van der Waals surface area contributed by atoms with Gasteiger partial charge < -0.3 is 14.8 Å². The Morgan fingerprint density at radius 2 is 1.42 bits per heavy atom. The lowest BCUT2D eigenvalue weighted by Crippen LogP contribution is -2.41. The van der Waals surface area contributed by atoms with Crippen molar-refractivity contribution in [3.05, 3.63) is 109 Å². The molecule has 0 spiro atoms. The van der Waals surface area contributed by atoms with E-state index in [1.165, 1.54) is 42.3 Å². The highest BCUT2D eigenvalue weighted by Gasteiger charge is 2.20. The summed E-state index contributed by atoms with van der Waals surface area (Å²) in [5, 5.41) is 2.54. The Kier molecular flexibility index (Phi) is 8.57. The van der Waals surface area contributed by atoms with Crippen LogP contribution < -0.4 is 24.4 Å². The highest BCUT2D eigenvalue weighted by molar-refractivity contribution is 7.89. The fourth-order valence-corrected chi connectivity index (χ4v) is 4.56. The standard InChI is InChI=1S/C28H26FN3O5S/c1-36-22-15-17-25(18-16-22)38(34,35)30-19-20-32(28(33)31-27-10-6-5-9-26(27)29)21-11-13-24(14-12-21)37-23-7-3-2-4-8-23/h2-18,30H,19-20H2,1H3,(H,31,33). The number of carbonyl (C=O) groups excluding carboxylic acids is 1. The molecule has 4 rings (SSSR count). The van der Waals surface area contributed by atoms with Gasteiger partial charge in [-0.15, -0.1) is 0 Å². The molecule has 0 aliphatic carbocycles. The third-order valence-corrected chi connectivity index (χ3v) is 6.96. The third kappa shape index (κ3) is 6.87. The zero-order valence-corrected chi connectivity index (χ0v) is 21.3. The van der Waals surface area contributed by atoms with E-state index in [0.717, 1.165) is 0 Å². The SMILES string of the molecule is COc1ccc(S(=O)(=O)NCCN(C(=O)Nc2ccccc2F)c2ccc(Oc3ccccc3)cc2)cc1. The van der Waals surface area contributed by atoms with E-state index in [0.29, 0.717) is 22.9 Å². The first-order valence-corrected chi connectivity index (χ1v) is 13.1. The number of ether oxygens (including phenoxy) is 2. The van der Waals surface area contributed by atoms with Crippen molar-refractivity contribution in [2.45, 2.75) is 4.90 Å². The topological polar surface area (TPSA) is 97.0 Å². The molecule has 10 heteroatoms. The van der Waals surface area contributed by atoms with Crippen molar-refractivity contribution < 1.29 is 27.1 Å². The summed E-state index contributed by atoms with van der Waals surface area (Å²) >= 11 is 0. The van der Waals surface area contributed by atoms with Gasteiger partial charge in [-0.25, -0.2) is 22.3 Å². The van der Waals surface area contributed by atoms with Crippen LogP contribution >= 0.6 is 0 Å². The lowest BCUT2D eigenvalue weighted by molar-refractivity contribution is 0.257. The molecule has 0 saturated carbocycles. The van der Waals surface area contributed by atoms with Gasteiger partial charge in [-0.05, 0) is 72.8 Å². The van der Waals surface area contributed by atoms with Gasteiger partial charge in [0.1, 0.15) is 23.1 Å². The number of para-hydroxylation sites is 2. The average Bonchev–Trinajstić information content (AvgIpc) is 2.93. The molecule has 8 nitrogen and oxygen atoms in total. The molecule has 4 aromatic rings. The molecule has 0 bridgehead atoms. The second-order valence-electron chi connectivity index (χ2n) is 8.04. The molecule has 0 unspecified atom stereocenters. The van der Waals surface area contributed by atoms with Crippen LogP contribution in [0.4, 0.5) is 20.6 Å². The maximum Gasteiger partial charge on any atom is 0.326 e. The highest BCUT2D eigenvalue weighted by atomic mass is 32.2. The molecule has 0 saturated heterocycles. The molecule has 0 aliphatic rings. The largest absolute Gasteiger partial charge is 0.497 e. The van der Waals surface area contributed by atoms with Gasteiger partial charge in [-0.1, -0.05) is 30.3 Å². The van der Waals surface area contributed by atoms with E-state index in [9.17, 15) is 17.6 Å². The number of anilines is 2. The Hall–Kier alpha value is -4.41. The minimum Gasteiger partial charge on any atom is -0.497 e. The summed E-state index contributed by atoms with van der Waals surface area (Å²) < 4.78 is 53.0. The minimum absolute atomic E-state index is 0.00495. The zero-order valence-electron chi connectivity index (χ0n) is 20.5. The summed E-state index contributed by atoms with van der Waals surface area (Å²) in [6, 6.07) is 27.0. The molecule has 0 atom stereocenters. The number of nitrogens with zero attached hydrogens (tertiary/aromatic N) is 1. The van der Waals surface area contributed by atoms with E-state index in [-0.39, 0.29) is 23.7 Å². The summed E-state index contributed by atoms with van der Waals surface area (Å²) in [6.07, 6.45) is 0. The van der Waals surface area contributed by atoms with Crippen molar-refractivity contribution in [1.82, 2.24) is 4.72 Å². The van der Waals surface area contributed by atoms with Crippen LogP contribution in [-0.4, -0.2) is 34.6 Å². The van der Waals surface area contributed by atoms with Crippen molar-refractivity contribution in [3.63, 3.8) is 0 Å². The van der Waals surface area contributed by atoms with Gasteiger partial charge in [0.15, 0.2) is 0 Å². The predicted molar refractivity (Wildman–Crippen MR) is 144 cm³/mol. The van der Waals surface area contributed by atoms with E-state index in [1.807, 2.05) is 30.3 Å². The van der Waals surface area contributed by atoms with Crippen LogP contribution in [-0.2, 0) is 10.0 Å². The number of nitrogens with one attached hydrogen (secondary N) is 2. The Bertz CT molecular complexity index is 1460. The number of methoxy groups -OCH3 is 1. The van der Waals surface area contributed by atoms with Gasteiger partial charge in [-0.3, -0.25) is 4.90 Å². The Labute approximate surface area is 220 Å². The summed E-state index contributed by atoms with van der Waals surface area (Å²) in [5.41, 5.74) is 0.466. The van der Waals surface area contributed by atoms with Crippen LogP contribution in [0.15, 0.2) is 108 Å². The minimum atomic E-state index is -3.84. The number of benzene rings is 4. The quantitative estimate of drug-likeness (QED) is 0.274. The second-order valence-corrected chi connectivity index (χ2v) is 9.81. The van der Waals surface area contributed by atoms with E-state index in [4.69, 9.17) is 9.47 Å². The number of carbonyl (C=O) groups is 1. The van der Waals surface area contributed by atoms with Crippen molar-refractivity contribution >= 4 is 27.4 Å². The molecule has 0 aliphatic heterocycles. The number of rotatable bonds is 10. The Morgan fingerprint density at radius 3 is 2.08 bits per heavy atom. The fraction of sp³-hybridized carbons (Fsp3) is 0.107. The lowest BCUT2D eigenvalue weighted by Gasteiger charge is -2.24. The number of halogens is 1. The fourth-order valence-electron chi connectivity index (χ4n) is 3.54. The molecule has 2 amide bonds. The summed E-state index contributed by atoms with van der Waals surface area (Å²) in [7, 11) is -2.35. The van der Waals surface area contributed by atoms with Crippen LogP contribution in [0, 0.1) is 5.82 Å². The Morgan fingerprint density at radius 1 is 0.816 bits per heavy atom. The van der Waals surface area contributed by atoms with Gasteiger partial charge in [-0.2, -0.15) is 0 Å². The normalized spacial score (nSPS) is 11.0. The number of urea groups is 1. The van der Waals surface area contributed by atoms with E-state index in [1.54, 1.807) is 42.5 Å². The second kappa shape index (κ2) is 12.2. The highest BCUT2D eigenvalue weighted by Crippen LogP contribution is 2.25. The van der Waals surface area contributed by atoms with Crippen LogP contribution in [0.1, 0.15) is 0 Å². The van der Waals surface area contributed by atoms with Gasteiger partial charge in [0.2, 0.25) is 10.0 Å². The zero-order chi connectivity index (χ0) is 27.0. The van der Waals surface area contributed by atoms with Crippen LogP contribution in [0.5, 0.6) is 17.2 Å². The molecule has 4 aromatic carbocycles. The molecule has 0 heterocycles. The number of hydrogen-bond acceptors (Lipinski definition) is 5.